The number of rotatable bonds is 2. The first-order chi connectivity index (χ1) is 12.3. The molecule has 0 aromatic carbocycles. The molecule has 25 heavy (non-hydrogen) atoms. The fourth-order valence-corrected chi connectivity index (χ4v) is 3.89. The van der Waals surface area contributed by atoms with Crippen molar-refractivity contribution in [2.45, 2.75) is 26.2 Å². The van der Waals surface area contributed by atoms with Crippen LogP contribution in [0.4, 0.5) is 11.6 Å². The Kier molecular flexibility index (Phi) is 3.33. The van der Waals surface area contributed by atoms with Crippen molar-refractivity contribution in [1.29, 1.82) is 0 Å². The zero-order chi connectivity index (χ0) is 16.8. The number of fused-ring (bicyclic) bond motifs is 2. The molecule has 5 rings (SSSR count). The Balaban J connectivity index is 1.35. The molecule has 0 radical (unpaired) electrons. The smallest absolute Gasteiger partial charge is 0.154 e. The summed E-state index contributed by atoms with van der Waals surface area (Å²) in [6, 6.07) is 4.34. The average molecular weight is 335 g/mol. The van der Waals surface area contributed by atoms with Crippen LogP contribution in [0.2, 0.25) is 0 Å². The number of hydrogen-bond donors (Lipinski definition) is 0. The van der Waals surface area contributed by atoms with E-state index in [2.05, 4.69) is 42.2 Å². The maximum Gasteiger partial charge on any atom is 0.154 e. The molecule has 7 heteroatoms. The molecule has 0 spiro atoms. The molecule has 0 atom stereocenters. The van der Waals surface area contributed by atoms with Crippen molar-refractivity contribution in [2.75, 3.05) is 36.0 Å². The fourth-order valence-electron chi connectivity index (χ4n) is 3.89. The van der Waals surface area contributed by atoms with E-state index in [0.717, 1.165) is 61.9 Å². The number of piperazine rings is 1. The van der Waals surface area contributed by atoms with Crippen LogP contribution in [0.3, 0.4) is 0 Å². The summed E-state index contributed by atoms with van der Waals surface area (Å²) in [5.74, 6) is 2.04. The molecule has 0 N–H and O–H groups in total. The maximum atomic E-state index is 4.61. The minimum Gasteiger partial charge on any atom is -0.352 e. The lowest BCUT2D eigenvalue weighted by Crippen LogP contribution is -2.47. The van der Waals surface area contributed by atoms with Gasteiger partial charge in [-0.2, -0.15) is 10.2 Å². The molecule has 128 valence electrons. The molecule has 3 aromatic heterocycles. The van der Waals surface area contributed by atoms with E-state index < -0.39 is 0 Å². The van der Waals surface area contributed by atoms with Crippen molar-refractivity contribution in [1.82, 2.24) is 24.8 Å². The van der Waals surface area contributed by atoms with Crippen molar-refractivity contribution in [2.24, 2.45) is 0 Å². The van der Waals surface area contributed by atoms with Crippen LogP contribution in [0.25, 0.3) is 5.52 Å². The van der Waals surface area contributed by atoms with Crippen molar-refractivity contribution in [3.05, 3.63) is 41.5 Å². The van der Waals surface area contributed by atoms with Gasteiger partial charge in [0.15, 0.2) is 11.6 Å². The summed E-state index contributed by atoms with van der Waals surface area (Å²) in [6.45, 7) is 5.74. The molecule has 4 heterocycles. The Labute approximate surface area is 146 Å². The summed E-state index contributed by atoms with van der Waals surface area (Å²) >= 11 is 0. The molecule has 0 unspecified atom stereocenters. The molecule has 3 aromatic rings. The molecule has 1 saturated heterocycles. The van der Waals surface area contributed by atoms with Crippen LogP contribution in [-0.2, 0) is 12.8 Å². The molecular weight excluding hydrogens is 314 g/mol. The lowest BCUT2D eigenvalue weighted by Gasteiger charge is -2.36. The highest BCUT2D eigenvalue weighted by Gasteiger charge is 2.23. The second-order valence-electron chi connectivity index (χ2n) is 6.87. The number of aromatic nitrogens is 5. The van der Waals surface area contributed by atoms with Gasteiger partial charge in [0, 0.05) is 38.6 Å². The Morgan fingerprint density at radius 2 is 1.80 bits per heavy atom. The third-order valence-corrected chi connectivity index (χ3v) is 5.20. The first-order valence-corrected chi connectivity index (χ1v) is 8.94. The van der Waals surface area contributed by atoms with Gasteiger partial charge in [0.25, 0.3) is 0 Å². The molecule has 1 aliphatic heterocycles. The van der Waals surface area contributed by atoms with E-state index in [4.69, 9.17) is 0 Å². The Hall–Kier alpha value is -2.70. The van der Waals surface area contributed by atoms with Gasteiger partial charge in [-0.1, -0.05) is 0 Å². The number of aryl methyl sites for hydroxylation is 3. The number of nitrogens with zero attached hydrogens (tertiary/aromatic N) is 7. The molecule has 0 saturated carbocycles. The lowest BCUT2D eigenvalue weighted by molar-refractivity contribution is 0.637. The van der Waals surface area contributed by atoms with Crippen LogP contribution in [0, 0.1) is 6.92 Å². The van der Waals surface area contributed by atoms with E-state index in [1.165, 1.54) is 17.7 Å². The second kappa shape index (κ2) is 5.68. The summed E-state index contributed by atoms with van der Waals surface area (Å²) in [4.78, 5) is 9.29. The highest BCUT2D eigenvalue weighted by Crippen LogP contribution is 2.25. The van der Waals surface area contributed by atoms with Gasteiger partial charge in [0.2, 0.25) is 0 Å². The van der Waals surface area contributed by atoms with Gasteiger partial charge in [0.1, 0.15) is 5.52 Å². The van der Waals surface area contributed by atoms with Gasteiger partial charge in [-0.05, 0) is 43.9 Å². The largest absolute Gasteiger partial charge is 0.352 e. The minimum atomic E-state index is 0.926. The van der Waals surface area contributed by atoms with Crippen LogP contribution >= 0.6 is 0 Å². The topological polar surface area (TPSA) is 62.5 Å². The summed E-state index contributed by atoms with van der Waals surface area (Å²) in [5, 5.41) is 13.4. The summed E-state index contributed by atoms with van der Waals surface area (Å²) in [7, 11) is 0. The van der Waals surface area contributed by atoms with Crippen molar-refractivity contribution in [3.8, 4) is 0 Å². The second-order valence-corrected chi connectivity index (χ2v) is 6.87. The SMILES string of the molecule is Cc1cc2c(N3CCN(c4cc5c(nn4)CCC5)CC3)nccn2n1. The van der Waals surface area contributed by atoms with Crippen LogP contribution < -0.4 is 9.80 Å². The van der Waals surface area contributed by atoms with Gasteiger partial charge in [-0.3, -0.25) is 0 Å². The van der Waals surface area contributed by atoms with Crippen molar-refractivity contribution < 1.29 is 0 Å². The molecule has 1 aliphatic carbocycles. The maximum absolute atomic E-state index is 4.61. The number of hydrogen-bond acceptors (Lipinski definition) is 6. The summed E-state index contributed by atoms with van der Waals surface area (Å²) in [5.41, 5.74) is 4.66. The van der Waals surface area contributed by atoms with E-state index in [9.17, 15) is 0 Å². The normalized spacial score (nSPS) is 17.3. The lowest BCUT2D eigenvalue weighted by atomic mass is 10.2. The molecule has 1 fully saturated rings. The predicted octanol–water partition coefficient (Wildman–Crippen LogP) is 1.64. The zero-order valence-corrected chi connectivity index (χ0v) is 14.4. The average Bonchev–Trinajstić information content (AvgIpc) is 3.26. The third kappa shape index (κ3) is 2.50. The Morgan fingerprint density at radius 1 is 0.960 bits per heavy atom. The van der Waals surface area contributed by atoms with Crippen LogP contribution in [0.15, 0.2) is 24.5 Å². The summed E-state index contributed by atoms with van der Waals surface area (Å²) in [6.07, 6.45) is 7.16. The standard InChI is InChI=1S/C18H21N7/c1-13-11-16-18(19-5-6-25(16)22-13)24-9-7-23(8-10-24)17-12-14-3-2-4-15(14)20-21-17/h5-6,11-12H,2-4,7-10H2,1H3. The highest BCUT2D eigenvalue weighted by molar-refractivity contribution is 5.69. The monoisotopic (exact) mass is 335 g/mol. The van der Waals surface area contributed by atoms with Gasteiger partial charge in [-0.25, -0.2) is 9.50 Å². The van der Waals surface area contributed by atoms with Gasteiger partial charge >= 0.3 is 0 Å². The van der Waals surface area contributed by atoms with E-state index >= 15 is 0 Å². The predicted molar refractivity (Wildman–Crippen MR) is 96.2 cm³/mol. The first kappa shape index (κ1) is 14.6. The molecule has 0 bridgehead atoms. The first-order valence-electron chi connectivity index (χ1n) is 8.94. The molecule has 2 aliphatic rings. The number of anilines is 2. The molecule has 0 amide bonds. The van der Waals surface area contributed by atoms with Crippen molar-refractivity contribution in [3.63, 3.8) is 0 Å². The van der Waals surface area contributed by atoms with Crippen molar-refractivity contribution >= 4 is 17.2 Å². The quantitative estimate of drug-likeness (QED) is 0.709. The van der Waals surface area contributed by atoms with E-state index in [1.807, 2.05) is 23.8 Å². The van der Waals surface area contributed by atoms with Crippen LogP contribution in [-0.4, -0.2) is 51.0 Å². The van der Waals surface area contributed by atoms with Gasteiger partial charge in [-0.15, -0.1) is 5.10 Å². The van der Waals surface area contributed by atoms with Gasteiger partial charge < -0.3 is 9.80 Å². The molecule has 7 nitrogen and oxygen atoms in total. The van der Waals surface area contributed by atoms with Crippen LogP contribution in [0.1, 0.15) is 23.4 Å². The molecular formula is C18H21N7. The Morgan fingerprint density at radius 3 is 2.68 bits per heavy atom. The van der Waals surface area contributed by atoms with E-state index in [1.54, 1.807) is 0 Å². The van der Waals surface area contributed by atoms with Gasteiger partial charge in [0.05, 0.1) is 11.4 Å². The summed E-state index contributed by atoms with van der Waals surface area (Å²) < 4.78 is 1.91. The Bertz CT molecular complexity index is 924. The zero-order valence-electron chi connectivity index (χ0n) is 14.4. The van der Waals surface area contributed by atoms with E-state index in [0.29, 0.717) is 0 Å². The van der Waals surface area contributed by atoms with E-state index in [-0.39, 0.29) is 0 Å². The third-order valence-electron chi connectivity index (χ3n) is 5.20. The highest BCUT2D eigenvalue weighted by atomic mass is 15.3. The van der Waals surface area contributed by atoms with Crippen LogP contribution in [0.5, 0.6) is 0 Å². The minimum absolute atomic E-state index is 0.926. The fraction of sp³-hybridized carbons (Fsp3) is 0.444.